The average Bonchev–Trinajstić information content (AvgIpc) is 3.02. The van der Waals surface area contributed by atoms with Crippen LogP contribution in [0.1, 0.15) is 45.6 Å². The summed E-state index contributed by atoms with van der Waals surface area (Å²) < 4.78 is 24.9. The summed E-state index contributed by atoms with van der Waals surface area (Å²) in [4.78, 5) is 12.5. The van der Waals surface area contributed by atoms with E-state index in [0.29, 0.717) is 11.4 Å². The summed E-state index contributed by atoms with van der Waals surface area (Å²) in [5.74, 6) is -0.000265. The van der Waals surface area contributed by atoms with Gasteiger partial charge in [-0.1, -0.05) is 39.3 Å². The fourth-order valence-electron chi connectivity index (χ4n) is 3.38. The molecule has 1 fully saturated rings. The molecule has 1 aliphatic carbocycles. The lowest BCUT2D eigenvalue weighted by Crippen LogP contribution is -2.37. The van der Waals surface area contributed by atoms with Gasteiger partial charge in [-0.05, 0) is 48.4 Å². The van der Waals surface area contributed by atoms with Crippen molar-refractivity contribution in [2.45, 2.75) is 50.3 Å². The minimum atomic E-state index is -3.40. The highest BCUT2D eigenvalue weighted by Crippen LogP contribution is 2.31. The summed E-state index contributed by atoms with van der Waals surface area (Å²) in [7, 11) is -3.40. The molecule has 0 bridgehead atoms. The zero-order valence-corrected chi connectivity index (χ0v) is 16.2. The van der Waals surface area contributed by atoms with Gasteiger partial charge in [0.25, 0.3) is 0 Å². The first-order valence-corrected chi connectivity index (χ1v) is 10.6. The van der Waals surface area contributed by atoms with E-state index in [1.807, 2.05) is 12.1 Å². The maximum Gasteiger partial charge on any atom is 0.223 e. The largest absolute Gasteiger partial charge is 0.355 e. The first kappa shape index (κ1) is 19.9. The molecular formula is C19H30N2O3S. The molecule has 0 saturated heterocycles. The minimum Gasteiger partial charge on any atom is -0.355 e. The highest BCUT2D eigenvalue weighted by Gasteiger charge is 2.31. The molecule has 0 spiro atoms. The van der Waals surface area contributed by atoms with Crippen LogP contribution in [0.3, 0.4) is 0 Å². The Morgan fingerprint density at radius 3 is 2.40 bits per heavy atom. The zero-order valence-electron chi connectivity index (χ0n) is 15.4. The molecule has 0 aliphatic heterocycles. The van der Waals surface area contributed by atoms with Gasteiger partial charge in [0.2, 0.25) is 5.91 Å². The normalized spacial score (nSPS) is 21.3. The van der Waals surface area contributed by atoms with Crippen LogP contribution < -0.4 is 11.1 Å². The Morgan fingerprint density at radius 2 is 1.84 bits per heavy atom. The first-order chi connectivity index (χ1) is 11.6. The second kappa shape index (κ2) is 7.87. The van der Waals surface area contributed by atoms with Crippen LogP contribution in [0, 0.1) is 11.8 Å². The van der Waals surface area contributed by atoms with Crippen LogP contribution in [0.25, 0.3) is 0 Å². The van der Waals surface area contributed by atoms with Crippen molar-refractivity contribution >= 4 is 15.7 Å². The summed E-state index contributed by atoms with van der Waals surface area (Å²) in [6.07, 6.45) is 2.83. The Kier molecular flexibility index (Phi) is 6.27. The molecular weight excluding hydrogens is 336 g/mol. The highest BCUT2D eigenvalue weighted by atomic mass is 32.2. The van der Waals surface area contributed by atoms with Gasteiger partial charge < -0.3 is 11.1 Å². The van der Waals surface area contributed by atoms with E-state index in [9.17, 15) is 13.2 Å². The molecule has 140 valence electrons. The van der Waals surface area contributed by atoms with E-state index in [1.165, 1.54) is 0 Å². The topological polar surface area (TPSA) is 89.3 Å². The van der Waals surface area contributed by atoms with E-state index < -0.39 is 9.84 Å². The number of amides is 1. The number of carbonyl (C=O) groups is 1. The van der Waals surface area contributed by atoms with Crippen molar-refractivity contribution < 1.29 is 13.2 Å². The van der Waals surface area contributed by atoms with Crippen molar-refractivity contribution in [2.75, 3.05) is 18.8 Å². The van der Waals surface area contributed by atoms with Crippen LogP contribution in [-0.2, 0) is 20.0 Å². The predicted molar refractivity (Wildman–Crippen MR) is 100 cm³/mol. The van der Waals surface area contributed by atoms with E-state index in [1.54, 1.807) is 12.1 Å². The molecule has 1 saturated carbocycles. The van der Waals surface area contributed by atoms with Crippen LogP contribution >= 0.6 is 0 Å². The quantitative estimate of drug-likeness (QED) is 0.808. The molecule has 3 N–H and O–H groups in total. The monoisotopic (exact) mass is 366 g/mol. The molecule has 0 heterocycles. The van der Waals surface area contributed by atoms with Gasteiger partial charge in [0, 0.05) is 12.5 Å². The lowest BCUT2D eigenvalue weighted by molar-refractivity contribution is -0.125. The smallest absolute Gasteiger partial charge is 0.223 e. The third-order valence-corrected chi connectivity index (χ3v) is 6.78. The Hall–Kier alpha value is -1.40. The van der Waals surface area contributed by atoms with Crippen molar-refractivity contribution in [1.82, 2.24) is 5.32 Å². The molecule has 1 aromatic carbocycles. The molecule has 5 nitrogen and oxygen atoms in total. The van der Waals surface area contributed by atoms with Crippen LogP contribution in [-0.4, -0.2) is 33.2 Å². The Balaban J connectivity index is 1.92. The highest BCUT2D eigenvalue weighted by molar-refractivity contribution is 7.91. The molecule has 0 aromatic heterocycles. The van der Waals surface area contributed by atoms with Gasteiger partial charge in [0.05, 0.1) is 10.6 Å². The maximum absolute atomic E-state index is 12.4. The standard InChI is InChI=1S/C19H30N2O3S/c1-19(2,3)15-7-9-16(10-8-15)25(23,24)12-11-21-18(22)17-6-4-5-14(17)13-20/h7-10,14,17H,4-6,11-13,20H2,1-3H3,(H,21,22)/t14-,17-/m1/s1. The number of nitrogens with one attached hydrogen (secondary N) is 1. The van der Waals surface area contributed by atoms with Crippen LogP contribution in [0.15, 0.2) is 29.2 Å². The predicted octanol–water partition coefficient (Wildman–Crippen LogP) is 2.25. The number of nitrogens with two attached hydrogens (primary N) is 1. The van der Waals surface area contributed by atoms with Gasteiger partial charge in [0.15, 0.2) is 9.84 Å². The Morgan fingerprint density at radius 1 is 1.20 bits per heavy atom. The van der Waals surface area contributed by atoms with Gasteiger partial charge >= 0.3 is 0 Å². The lowest BCUT2D eigenvalue weighted by Gasteiger charge is -2.19. The van der Waals surface area contributed by atoms with Crippen molar-refractivity contribution in [1.29, 1.82) is 0 Å². The fourth-order valence-corrected chi connectivity index (χ4v) is 4.54. The number of hydrogen-bond donors (Lipinski definition) is 2. The SMILES string of the molecule is CC(C)(C)c1ccc(S(=O)(=O)CCNC(=O)[C@@H]2CCC[C@@H]2CN)cc1. The third kappa shape index (κ3) is 5.05. The van der Waals surface area contributed by atoms with Crippen LogP contribution in [0.4, 0.5) is 0 Å². The number of sulfone groups is 1. The molecule has 2 atom stereocenters. The van der Waals surface area contributed by atoms with E-state index in [0.717, 1.165) is 24.8 Å². The average molecular weight is 367 g/mol. The Bertz CT molecular complexity index is 690. The zero-order chi connectivity index (χ0) is 18.7. The number of hydrogen-bond acceptors (Lipinski definition) is 4. The molecule has 0 unspecified atom stereocenters. The molecule has 1 amide bonds. The molecule has 1 aliphatic rings. The van der Waals surface area contributed by atoms with Crippen molar-refractivity contribution in [2.24, 2.45) is 17.6 Å². The lowest BCUT2D eigenvalue weighted by atomic mass is 9.87. The van der Waals surface area contributed by atoms with E-state index in [4.69, 9.17) is 5.73 Å². The van der Waals surface area contributed by atoms with Gasteiger partial charge in [-0.15, -0.1) is 0 Å². The van der Waals surface area contributed by atoms with Gasteiger partial charge in [0.1, 0.15) is 0 Å². The van der Waals surface area contributed by atoms with E-state index >= 15 is 0 Å². The van der Waals surface area contributed by atoms with Crippen molar-refractivity contribution in [3.05, 3.63) is 29.8 Å². The molecule has 25 heavy (non-hydrogen) atoms. The molecule has 1 aromatic rings. The Labute approximate surface area is 151 Å². The fraction of sp³-hybridized carbons (Fsp3) is 0.632. The van der Waals surface area contributed by atoms with Crippen LogP contribution in [0.5, 0.6) is 0 Å². The number of benzene rings is 1. The number of carbonyl (C=O) groups excluding carboxylic acids is 1. The van der Waals surface area contributed by atoms with Crippen molar-refractivity contribution in [3.63, 3.8) is 0 Å². The summed E-state index contributed by atoms with van der Waals surface area (Å²) in [5.41, 5.74) is 6.78. The molecule has 0 radical (unpaired) electrons. The maximum atomic E-state index is 12.4. The van der Waals surface area contributed by atoms with Gasteiger partial charge in [-0.3, -0.25) is 4.79 Å². The van der Waals surface area contributed by atoms with E-state index in [2.05, 4.69) is 26.1 Å². The summed E-state index contributed by atoms with van der Waals surface area (Å²) in [6.45, 7) is 6.91. The summed E-state index contributed by atoms with van der Waals surface area (Å²) in [5, 5.41) is 2.78. The molecule has 6 heteroatoms. The second-order valence-corrected chi connectivity index (χ2v) is 10.0. The van der Waals surface area contributed by atoms with Crippen molar-refractivity contribution in [3.8, 4) is 0 Å². The summed E-state index contributed by atoms with van der Waals surface area (Å²) >= 11 is 0. The van der Waals surface area contributed by atoms with E-state index in [-0.39, 0.29) is 35.5 Å². The minimum absolute atomic E-state index is 0.0168. The third-order valence-electron chi connectivity index (χ3n) is 5.05. The molecule has 2 rings (SSSR count). The van der Waals surface area contributed by atoms with Crippen LogP contribution in [0.2, 0.25) is 0 Å². The number of rotatable bonds is 6. The van der Waals surface area contributed by atoms with Gasteiger partial charge in [-0.2, -0.15) is 0 Å². The second-order valence-electron chi connectivity index (χ2n) is 7.92. The first-order valence-electron chi connectivity index (χ1n) is 8.96. The van der Waals surface area contributed by atoms with Gasteiger partial charge in [-0.25, -0.2) is 8.42 Å². The summed E-state index contributed by atoms with van der Waals surface area (Å²) in [6, 6.07) is 7.02.